The van der Waals surface area contributed by atoms with Crippen LogP contribution < -0.4 is 4.90 Å². The Morgan fingerprint density at radius 1 is 0.892 bits per heavy atom. The number of benzene rings is 3. The van der Waals surface area contributed by atoms with E-state index in [-0.39, 0.29) is 17.2 Å². The van der Waals surface area contributed by atoms with E-state index in [4.69, 9.17) is 4.98 Å². The lowest BCUT2D eigenvalue weighted by atomic mass is 10.1. The van der Waals surface area contributed by atoms with Gasteiger partial charge in [0.1, 0.15) is 5.82 Å². The van der Waals surface area contributed by atoms with E-state index in [2.05, 4.69) is 10.2 Å². The molecular weight excluding hydrogens is 477 g/mol. The van der Waals surface area contributed by atoms with E-state index in [0.29, 0.717) is 54.7 Å². The second-order valence-corrected chi connectivity index (χ2v) is 8.64. The third-order valence-corrected chi connectivity index (χ3v) is 6.52. The lowest BCUT2D eigenvalue weighted by molar-refractivity contribution is -0.384. The van der Waals surface area contributed by atoms with Crippen LogP contribution in [0, 0.1) is 15.9 Å². The Morgan fingerprint density at radius 3 is 2.38 bits per heavy atom. The molecular formula is C26H20FN7O3. The topological polar surface area (TPSA) is 110 Å². The number of anilines is 1. The smallest absolute Gasteiger partial charge is 0.280 e. The molecule has 10 nitrogen and oxygen atoms in total. The highest BCUT2D eigenvalue weighted by Gasteiger charge is 2.28. The van der Waals surface area contributed by atoms with Gasteiger partial charge in [-0.2, -0.15) is 0 Å². The lowest BCUT2D eigenvalue weighted by Gasteiger charge is -2.35. The van der Waals surface area contributed by atoms with E-state index in [1.807, 2.05) is 29.2 Å². The van der Waals surface area contributed by atoms with Gasteiger partial charge in [-0.15, -0.1) is 10.2 Å². The zero-order chi connectivity index (χ0) is 25.5. The molecule has 0 saturated carbocycles. The number of piperazine rings is 1. The molecule has 3 aromatic carbocycles. The van der Waals surface area contributed by atoms with E-state index >= 15 is 0 Å². The van der Waals surface area contributed by atoms with Gasteiger partial charge in [0.25, 0.3) is 11.6 Å². The second-order valence-electron chi connectivity index (χ2n) is 8.64. The van der Waals surface area contributed by atoms with E-state index in [0.717, 1.165) is 5.39 Å². The van der Waals surface area contributed by atoms with Crippen LogP contribution in [-0.4, -0.2) is 61.5 Å². The van der Waals surface area contributed by atoms with Crippen molar-refractivity contribution in [1.82, 2.24) is 24.5 Å². The minimum absolute atomic E-state index is 0.0413. The summed E-state index contributed by atoms with van der Waals surface area (Å²) in [6.07, 6.45) is 0. The van der Waals surface area contributed by atoms with Gasteiger partial charge in [0.2, 0.25) is 5.95 Å². The summed E-state index contributed by atoms with van der Waals surface area (Å²) >= 11 is 0. The fourth-order valence-corrected chi connectivity index (χ4v) is 4.69. The SMILES string of the molecule is O=C(c1ccccc1F)N1CCN(c2nc3ccccc3c3nnc(-c4ccccc4[N+](=O)[O-])n23)CC1. The number of hydrogen-bond donors (Lipinski definition) is 0. The molecule has 0 radical (unpaired) electrons. The highest BCUT2D eigenvalue weighted by Crippen LogP contribution is 2.33. The summed E-state index contributed by atoms with van der Waals surface area (Å²) in [4.78, 5) is 32.7. The molecule has 1 amide bonds. The lowest BCUT2D eigenvalue weighted by Crippen LogP contribution is -2.49. The number of carbonyl (C=O) groups is 1. The largest absolute Gasteiger partial charge is 0.338 e. The van der Waals surface area contributed by atoms with E-state index in [9.17, 15) is 19.3 Å². The molecule has 37 heavy (non-hydrogen) atoms. The Labute approximate surface area is 209 Å². The molecule has 3 heterocycles. The van der Waals surface area contributed by atoms with Crippen LogP contribution in [0.2, 0.25) is 0 Å². The molecule has 0 bridgehead atoms. The Morgan fingerprint density at radius 2 is 1.59 bits per heavy atom. The number of fused-ring (bicyclic) bond motifs is 3. The maximum absolute atomic E-state index is 14.2. The molecule has 6 rings (SSSR count). The quantitative estimate of drug-likeness (QED) is 0.273. The van der Waals surface area contributed by atoms with Gasteiger partial charge in [0.05, 0.1) is 21.6 Å². The van der Waals surface area contributed by atoms with Gasteiger partial charge in [0.15, 0.2) is 11.5 Å². The summed E-state index contributed by atoms with van der Waals surface area (Å²) in [6.45, 7) is 1.56. The first-order valence-electron chi connectivity index (χ1n) is 11.7. The predicted molar refractivity (Wildman–Crippen MR) is 135 cm³/mol. The van der Waals surface area contributed by atoms with Crippen molar-refractivity contribution in [2.75, 3.05) is 31.1 Å². The summed E-state index contributed by atoms with van der Waals surface area (Å²) in [7, 11) is 0. The summed E-state index contributed by atoms with van der Waals surface area (Å²) < 4.78 is 15.9. The maximum Gasteiger partial charge on any atom is 0.280 e. The van der Waals surface area contributed by atoms with Gasteiger partial charge < -0.3 is 9.80 Å². The summed E-state index contributed by atoms with van der Waals surface area (Å²) in [5, 5.41) is 21.2. The van der Waals surface area contributed by atoms with Crippen LogP contribution in [0.5, 0.6) is 0 Å². The Hall–Kier alpha value is -4.93. The van der Waals surface area contributed by atoms with Crippen molar-refractivity contribution < 1.29 is 14.1 Å². The maximum atomic E-state index is 14.2. The van der Waals surface area contributed by atoms with Crippen LogP contribution in [0.15, 0.2) is 72.8 Å². The van der Waals surface area contributed by atoms with Crippen molar-refractivity contribution in [2.24, 2.45) is 0 Å². The Bertz CT molecular complexity index is 1680. The second kappa shape index (κ2) is 8.94. The Balaban J connectivity index is 1.42. The van der Waals surface area contributed by atoms with Crippen molar-refractivity contribution >= 4 is 34.1 Å². The van der Waals surface area contributed by atoms with Crippen molar-refractivity contribution in [1.29, 1.82) is 0 Å². The molecule has 1 aliphatic rings. The number of nitro groups is 1. The Kier molecular flexibility index (Phi) is 5.44. The number of nitro benzene ring substituents is 1. The summed E-state index contributed by atoms with van der Waals surface area (Å²) in [5.74, 6) is -0.0871. The van der Waals surface area contributed by atoms with Crippen LogP contribution in [0.1, 0.15) is 10.4 Å². The normalized spacial score (nSPS) is 13.9. The molecule has 184 valence electrons. The number of para-hydroxylation sites is 2. The third kappa shape index (κ3) is 3.80. The van der Waals surface area contributed by atoms with Gasteiger partial charge in [-0.1, -0.05) is 36.4 Å². The molecule has 0 atom stereocenters. The molecule has 0 N–H and O–H groups in total. The fraction of sp³-hybridized carbons (Fsp3) is 0.154. The molecule has 0 spiro atoms. The van der Waals surface area contributed by atoms with Crippen LogP contribution in [0.3, 0.4) is 0 Å². The van der Waals surface area contributed by atoms with Gasteiger partial charge in [-0.05, 0) is 30.3 Å². The fourth-order valence-electron chi connectivity index (χ4n) is 4.69. The van der Waals surface area contributed by atoms with Crippen LogP contribution in [-0.2, 0) is 0 Å². The molecule has 0 aliphatic carbocycles. The molecule has 1 fully saturated rings. The molecule has 0 unspecified atom stereocenters. The highest BCUT2D eigenvalue weighted by molar-refractivity contribution is 5.95. The molecule has 1 aliphatic heterocycles. The first kappa shape index (κ1) is 22.5. The molecule has 11 heteroatoms. The van der Waals surface area contributed by atoms with Crippen LogP contribution >= 0.6 is 0 Å². The highest BCUT2D eigenvalue weighted by atomic mass is 19.1. The van der Waals surface area contributed by atoms with Crippen LogP contribution in [0.25, 0.3) is 27.9 Å². The number of amides is 1. The molecule has 1 saturated heterocycles. The van der Waals surface area contributed by atoms with E-state index < -0.39 is 10.7 Å². The number of hydrogen-bond acceptors (Lipinski definition) is 7. The average molecular weight is 497 g/mol. The molecule has 5 aromatic rings. The van der Waals surface area contributed by atoms with Crippen molar-refractivity contribution in [3.63, 3.8) is 0 Å². The van der Waals surface area contributed by atoms with Gasteiger partial charge in [-0.3, -0.25) is 14.9 Å². The van der Waals surface area contributed by atoms with Crippen molar-refractivity contribution in [2.45, 2.75) is 0 Å². The monoisotopic (exact) mass is 497 g/mol. The number of aromatic nitrogens is 4. The van der Waals surface area contributed by atoms with Gasteiger partial charge in [0, 0.05) is 37.6 Å². The zero-order valence-corrected chi connectivity index (χ0v) is 19.5. The van der Waals surface area contributed by atoms with Crippen molar-refractivity contribution in [3.8, 4) is 11.4 Å². The third-order valence-electron chi connectivity index (χ3n) is 6.52. The minimum atomic E-state index is -0.550. The van der Waals surface area contributed by atoms with Crippen LogP contribution in [0.4, 0.5) is 16.0 Å². The van der Waals surface area contributed by atoms with E-state index in [1.54, 1.807) is 39.6 Å². The standard InChI is InChI=1S/C26H20FN7O3/c27-20-10-4-1-7-17(20)25(35)31-13-15-32(16-14-31)26-28-21-11-5-2-8-18(21)23-29-30-24(33(23)26)19-9-3-6-12-22(19)34(36)37/h1-12H,13-16H2. The molecule has 2 aromatic heterocycles. The summed E-state index contributed by atoms with van der Waals surface area (Å²) in [5.41, 5.74) is 1.51. The first-order chi connectivity index (χ1) is 18.0. The number of nitrogens with zero attached hydrogens (tertiary/aromatic N) is 7. The van der Waals surface area contributed by atoms with E-state index in [1.165, 1.54) is 18.2 Å². The predicted octanol–water partition coefficient (Wildman–Crippen LogP) is 3.95. The zero-order valence-electron chi connectivity index (χ0n) is 19.5. The van der Waals surface area contributed by atoms with Gasteiger partial charge >= 0.3 is 0 Å². The summed E-state index contributed by atoms with van der Waals surface area (Å²) in [6, 6.07) is 19.8. The first-order valence-corrected chi connectivity index (χ1v) is 11.7. The number of halogens is 1. The number of carbonyl (C=O) groups excluding carboxylic acids is 1. The average Bonchev–Trinajstić information content (AvgIpc) is 3.38. The minimum Gasteiger partial charge on any atom is -0.338 e. The van der Waals surface area contributed by atoms with Gasteiger partial charge in [-0.25, -0.2) is 13.8 Å². The van der Waals surface area contributed by atoms with Crippen molar-refractivity contribution in [3.05, 3.63) is 94.3 Å². The number of rotatable bonds is 4.